The molecule has 4 aromatic rings. The summed E-state index contributed by atoms with van der Waals surface area (Å²) in [5.41, 5.74) is 6.54. The Bertz CT molecular complexity index is 1480. The molecule has 1 aliphatic heterocycles. The van der Waals surface area contributed by atoms with E-state index in [1.807, 2.05) is 26.8 Å². The van der Waals surface area contributed by atoms with Crippen LogP contribution in [-0.4, -0.2) is 44.5 Å². The van der Waals surface area contributed by atoms with Crippen LogP contribution in [0.3, 0.4) is 0 Å². The summed E-state index contributed by atoms with van der Waals surface area (Å²) in [7, 11) is -3.57. The van der Waals surface area contributed by atoms with E-state index in [-0.39, 0.29) is 0 Å². The third kappa shape index (κ3) is 5.65. The van der Waals surface area contributed by atoms with Gasteiger partial charge < -0.3 is 9.72 Å². The van der Waals surface area contributed by atoms with Crippen LogP contribution < -0.4 is 9.46 Å². The molecule has 1 fully saturated rings. The van der Waals surface area contributed by atoms with E-state index in [0.29, 0.717) is 24.0 Å². The highest BCUT2D eigenvalue weighted by molar-refractivity contribution is 7.89. The smallest absolute Gasteiger partial charge is 0.240 e. The quantitative estimate of drug-likeness (QED) is 0.276. The number of rotatable bonds is 9. The minimum absolute atomic E-state index is 0.307. The van der Waals surface area contributed by atoms with Gasteiger partial charge in [0, 0.05) is 24.0 Å². The van der Waals surface area contributed by atoms with Gasteiger partial charge in [0.05, 0.1) is 17.2 Å². The van der Waals surface area contributed by atoms with Gasteiger partial charge in [0.15, 0.2) is 0 Å². The van der Waals surface area contributed by atoms with Crippen LogP contribution in [0.15, 0.2) is 71.6 Å². The lowest BCUT2D eigenvalue weighted by Crippen LogP contribution is -2.38. The lowest BCUT2D eigenvalue weighted by Gasteiger charge is -2.32. The average Bonchev–Trinajstić information content (AvgIpc) is 3.29. The molecule has 0 spiro atoms. The number of nitrogens with one attached hydrogen (secondary N) is 2. The molecule has 0 saturated carbocycles. The van der Waals surface area contributed by atoms with Gasteiger partial charge in [-0.1, -0.05) is 48.5 Å². The number of likely N-dealkylation sites (tertiary alicyclic amines) is 1. The Hall–Kier alpha value is -3.13. The van der Waals surface area contributed by atoms with Gasteiger partial charge in [-0.25, -0.2) is 13.1 Å². The molecule has 6 nitrogen and oxygen atoms in total. The lowest BCUT2D eigenvalue weighted by atomic mass is 9.96. The number of fused-ring (bicyclic) bond motifs is 1. The maximum atomic E-state index is 13.1. The molecule has 0 unspecified atom stereocenters. The Labute approximate surface area is 226 Å². The number of piperidine rings is 1. The van der Waals surface area contributed by atoms with E-state index in [2.05, 4.69) is 63.1 Å². The minimum Gasteiger partial charge on any atom is -0.493 e. The number of aromatic nitrogens is 1. The summed E-state index contributed by atoms with van der Waals surface area (Å²) in [5.74, 6) is 1.09. The highest BCUT2D eigenvalue weighted by atomic mass is 32.2. The number of hydrogen-bond donors (Lipinski definition) is 2. The Kier molecular flexibility index (Phi) is 7.88. The summed E-state index contributed by atoms with van der Waals surface area (Å²) < 4.78 is 34.7. The fraction of sp³-hybridized carbons (Fsp3) is 0.355. The second-order valence-corrected chi connectivity index (χ2v) is 12.0. The van der Waals surface area contributed by atoms with Gasteiger partial charge in [-0.3, -0.25) is 4.90 Å². The second kappa shape index (κ2) is 11.3. The largest absolute Gasteiger partial charge is 0.493 e. The molecule has 0 radical (unpaired) electrons. The number of nitrogens with zero attached hydrogens (tertiary/aromatic N) is 1. The van der Waals surface area contributed by atoms with Crippen molar-refractivity contribution < 1.29 is 13.2 Å². The number of aryl methyl sites for hydroxylation is 2. The molecule has 200 valence electrons. The van der Waals surface area contributed by atoms with Gasteiger partial charge in [0.25, 0.3) is 0 Å². The van der Waals surface area contributed by atoms with Crippen LogP contribution >= 0.6 is 0 Å². The lowest BCUT2D eigenvalue weighted by molar-refractivity contribution is 0.179. The van der Waals surface area contributed by atoms with E-state index in [9.17, 15) is 8.42 Å². The van der Waals surface area contributed by atoms with Crippen LogP contribution in [0.25, 0.3) is 22.2 Å². The second-order valence-electron chi connectivity index (χ2n) is 10.3. The Balaban J connectivity index is 1.22. The van der Waals surface area contributed by atoms with Crippen molar-refractivity contribution in [3.63, 3.8) is 0 Å². The van der Waals surface area contributed by atoms with Gasteiger partial charge in [0.2, 0.25) is 10.0 Å². The van der Waals surface area contributed by atoms with E-state index >= 15 is 0 Å². The van der Waals surface area contributed by atoms with Crippen LogP contribution in [0.2, 0.25) is 0 Å². The highest BCUT2D eigenvalue weighted by Gasteiger charge is 2.24. The van der Waals surface area contributed by atoms with Crippen molar-refractivity contribution >= 4 is 20.9 Å². The van der Waals surface area contributed by atoms with Gasteiger partial charge in [-0.05, 0) is 93.1 Å². The van der Waals surface area contributed by atoms with Crippen LogP contribution in [0.5, 0.6) is 5.75 Å². The molecule has 7 heteroatoms. The van der Waals surface area contributed by atoms with E-state index < -0.39 is 10.0 Å². The normalized spacial score (nSPS) is 15.2. The topological polar surface area (TPSA) is 74.4 Å². The maximum Gasteiger partial charge on any atom is 0.240 e. The predicted molar refractivity (Wildman–Crippen MR) is 154 cm³/mol. The monoisotopic (exact) mass is 531 g/mol. The van der Waals surface area contributed by atoms with E-state index in [1.165, 1.54) is 22.2 Å². The molecule has 2 N–H and O–H groups in total. The summed E-state index contributed by atoms with van der Waals surface area (Å²) >= 11 is 0. The standard InChI is InChI=1S/C31H37N3O3S/c1-4-37-31-22(2)18-26(19-23(31)3)38(35,36)32-20-24-14-16-34(17-15-24)21-28-27-12-8-9-13-29(27)33-30(28)25-10-6-5-7-11-25/h5-13,18-19,24,32-33H,4,14-17,20-21H2,1-3H3. The molecule has 0 atom stereocenters. The predicted octanol–water partition coefficient (Wildman–Crippen LogP) is 6.04. The van der Waals surface area contributed by atoms with Crippen molar-refractivity contribution in [3.8, 4) is 17.0 Å². The maximum absolute atomic E-state index is 13.1. The first-order chi connectivity index (χ1) is 18.4. The molecule has 1 aromatic heterocycles. The molecule has 38 heavy (non-hydrogen) atoms. The van der Waals surface area contributed by atoms with E-state index in [1.54, 1.807) is 12.1 Å². The summed E-state index contributed by atoms with van der Waals surface area (Å²) in [6.07, 6.45) is 1.93. The van der Waals surface area contributed by atoms with Gasteiger partial charge in [0.1, 0.15) is 5.75 Å². The molecule has 1 saturated heterocycles. The Morgan fingerprint density at radius 2 is 1.63 bits per heavy atom. The molecule has 3 aromatic carbocycles. The number of H-pyrrole nitrogens is 1. The Morgan fingerprint density at radius 3 is 2.32 bits per heavy atom. The SMILES string of the molecule is CCOc1c(C)cc(S(=O)(=O)NCC2CCN(Cc3c(-c4ccccc4)[nH]c4ccccc34)CC2)cc1C. The number of ether oxygens (including phenoxy) is 1. The molecule has 5 rings (SSSR count). The van der Waals surface area contributed by atoms with Gasteiger partial charge in [-0.2, -0.15) is 0 Å². The first kappa shape index (κ1) is 26.5. The molecular weight excluding hydrogens is 494 g/mol. The first-order valence-corrected chi connectivity index (χ1v) is 14.9. The first-order valence-electron chi connectivity index (χ1n) is 13.5. The molecular formula is C31H37N3O3S. The van der Waals surface area contributed by atoms with E-state index in [4.69, 9.17) is 4.74 Å². The molecule has 1 aliphatic rings. The minimum atomic E-state index is -3.57. The summed E-state index contributed by atoms with van der Waals surface area (Å²) in [5, 5.41) is 1.27. The number of hydrogen-bond acceptors (Lipinski definition) is 4. The van der Waals surface area contributed by atoms with Gasteiger partial charge >= 0.3 is 0 Å². The van der Waals surface area contributed by atoms with Crippen molar-refractivity contribution in [1.82, 2.24) is 14.6 Å². The third-order valence-electron chi connectivity index (χ3n) is 7.56. The van der Waals surface area contributed by atoms with Crippen molar-refractivity contribution in [2.75, 3.05) is 26.2 Å². The Morgan fingerprint density at radius 1 is 0.974 bits per heavy atom. The van der Waals surface area contributed by atoms with Crippen molar-refractivity contribution in [2.24, 2.45) is 5.92 Å². The fourth-order valence-corrected chi connectivity index (χ4v) is 6.82. The zero-order chi connectivity index (χ0) is 26.7. The van der Waals surface area contributed by atoms with Gasteiger partial charge in [-0.15, -0.1) is 0 Å². The number of aromatic amines is 1. The highest BCUT2D eigenvalue weighted by Crippen LogP contribution is 2.32. The van der Waals surface area contributed by atoms with Crippen molar-refractivity contribution in [1.29, 1.82) is 0 Å². The van der Waals surface area contributed by atoms with Crippen molar-refractivity contribution in [2.45, 2.75) is 45.1 Å². The zero-order valence-electron chi connectivity index (χ0n) is 22.5. The molecule has 0 bridgehead atoms. The van der Waals surface area contributed by atoms with Crippen LogP contribution in [-0.2, 0) is 16.6 Å². The number of para-hydroxylation sites is 1. The van der Waals surface area contributed by atoms with Crippen LogP contribution in [0.1, 0.15) is 36.5 Å². The van der Waals surface area contributed by atoms with Crippen molar-refractivity contribution in [3.05, 3.63) is 83.4 Å². The number of sulfonamides is 1. The zero-order valence-corrected chi connectivity index (χ0v) is 23.3. The third-order valence-corrected chi connectivity index (χ3v) is 8.96. The molecule has 0 aliphatic carbocycles. The summed E-state index contributed by atoms with van der Waals surface area (Å²) in [4.78, 5) is 6.44. The van der Waals surface area contributed by atoms with E-state index in [0.717, 1.165) is 54.9 Å². The summed E-state index contributed by atoms with van der Waals surface area (Å²) in [6.45, 7) is 9.50. The molecule has 0 amide bonds. The summed E-state index contributed by atoms with van der Waals surface area (Å²) in [6, 6.07) is 22.4. The van der Waals surface area contributed by atoms with Crippen LogP contribution in [0.4, 0.5) is 0 Å². The fourth-order valence-electron chi connectivity index (χ4n) is 5.54. The average molecular weight is 532 g/mol. The number of benzene rings is 3. The molecule has 2 heterocycles. The van der Waals surface area contributed by atoms with Crippen LogP contribution in [0, 0.1) is 19.8 Å².